The largest absolute Gasteiger partial charge is 0.351 e. The van der Waals surface area contributed by atoms with E-state index in [4.69, 9.17) is 0 Å². The van der Waals surface area contributed by atoms with Crippen LogP contribution in [0.4, 0.5) is 5.13 Å². The molecule has 0 unspecified atom stereocenters. The molecule has 1 aromatic heterocycles. The second-order valence-corrected chi connectivity index (χ2v) is 5.26. The topological polar surface area (TPSA) is 28.2 Å². The summed E-state index contributed by atoms with van der Waals surface area (Å²) in [6.45, 7) is 7.50. The molecule has 1 aromatic rings. The molecule has 0 atom stereocenters. The minimum absolute atomic E-state index is 0.896. The first-order valence-electron chi connectivity index (χ1n) is 6.64. The zero-order valence-corrected chi connectivity index (χ0v) is 12.1. The van der Waals surface area contributed by atoms with Crippen molar-refractivity contribution in [2.24, 2.45) is 0 Å². The van der Waals surface area contributed by atoms with Gasteiger partial charge in [0.2, 0.25) is 0 Å². The average Bonchev–Trinajstić information content (AvgIpc) is 2.78. The van der Waals surface area contributed by atoms with Gasteiger partial charge in [-0.1, -0.05) is 26.7 Å². The zero-order chi connectivity index (χ0) is 12.5. The van der Waals surface area contributed by atoms with Crippen molar-refractivity contribution >= 4 is 16.5 Å². The Labute approximate surface area is 109 Å². The lowest BCUT2D eigenvalue weighted by Gasteiger charge is -2.14. The van der Waals surface area contributed by atoms with Gasteiger partial charge in [0.15, 0.2) is 5.13 Å². The van der Waals surface area contributed by atoms with E-state index in [1.54, 1.807) is 11.3 Å². The van der Waals surface area contributed by atoms with Gasteiger partial charge in [0.05, 0.1) is 5.69 Å². The molecule has 1 heterocycles. The van der Waals surface area contributed by atoms with E-state index in [-0.39, 0.29) is 0 Å². The monoisotopic (exact) mass is 255 g/mol. The molecule has 0 saturated heterocycles. The summed E-state index contributed by atoms with van der Waals surface area (Å²) < 4.78 is 0. The molecule has 0 saturated carbocycles. The van der Waals surface area contributed by atoms with Crippen LogP contribution in [0.15, 0.2) is 5.38 Å². The van der Waals surface area contributed by atoms with Crippen LogP contribution in [0.25, 0.3) is 0 Å². The van der Waals surface area contributed by atoms with Crippen LogP contribution in [0.2, 0.25) is 0 Å². The molecule has 0 radical (unpaired) electrons. The van der Waals surface area contributed by atoms with Gasteiger partial charge in [0.25, 0.3) is 0 Å². The SMILES string of the molecule is CCCCCN(C)c1nc(CNCCC)cs1. The summed E-state index contributed by atoms with van der Waals surface area (Å²) in [6, 6.07) is 0. The van der Waals surface area contributed by atoms with E-state index in [0.29, 0.717) is 0 Å². The first-order chi connectivity index (χ1) is 8.27. The molecule has 1 rings (SSSR count). The zero-order valence-electron chi connectivity index (χ0n) is 11.3. The van der Waals surface area contributed by atoms with Gasteiger partial charge in [-0.2, -0.15) is 0 Å². The molecular formula is C13H25N3S. The molecule has 17 heavy (non-hydrogen) atoms. The average molecular weight is 255 g/mol. The molecule has 0 aliphatic heterocycles. The van der Waals surface area contributed by atoms with Crippen LogP contribution in [0, 0.1) is 0 Å². The summed E-state index contributed by atoms with van der Waals surface area (Å²) in [5, 5.41) is 6.69. The maximum atomic E-state index is 4.64. The van der Waals surface area contributed by atoms with E-state index >= 15 is 0 Å². The number of anilines is 1. The lowest BCUT2D eigenvalue weighted by atomic mass is 10.2. The molecule has 0 spiro atoms. The van der Waals surface area contributed by atoms with Crippen LogP contribution in [0.3, 0.4) is 0 Å². The lowest BCUT2D eigenvalue weighted by molar-refractivity contribution is 0.665. The van der Waals surface area contributed by atoms with E-state index in [0.717, 1.165) is 24.8 Å². The highest BCUT2D eigenvalue weighted by molar-refractivity contribution is 7.13. The van der Waals surface area contributed by atoms with Gasteiger partial charge in [0.1, 0.15) is 0 Å². The van der Waals surface area contributed by atoms with Gasteiger partial charge < -0.3 is 10.2 Å². The normalized spacial score (nSPS) is 10.8. The van der Waals surface area contributed by atoms with Crippen LogP contribution in [-0.2, 0) is 6.54 Å². The van der Waals surface area contributed by atoms with Crippen LogP contribution in [0.1, 0.15) is 45.2 Å². The Morgan fingerprint density at radius 3 is 2.82 bits per heavy atom. The van der Waals surface area contributed by atoms with Crippen molar-refractivity contribution < 1.29 is 0 Å². The highest BCUT2D eigenvalue weighted by atomic mass is 32.1. The van der Waals surface area contributed by atoms with Gasteiger partial charge in [-0.05, 0) is 19.4 Å². The fourth-order valence-corrected chi connectivity index (χ4v) is 2.46. The molecule has 1 N–H and O–H groups in total. The second-order valence-electron chi connectivity index (χ2n) is 4.43. The van der Waals surface area contributed by atoms with E-state index in [9.17, 15) is 0 Å². The predicted molar refractivity (Wildman–Crippen MR) is 76.9 cm³/mol. The van der Waals surface area contributed by atoms with Crippen molar-refractivity contribution in [1.82, 2.24) is 10.3 Å². The standard InChI is InChI=1S/C13H25N3S/c1-4-6-7-9-16(3)13-15-12(11-17-13)10-14-8-5-2/h11,14H,4-10H2,1-3H3. The van der Waals surface area contributed by atoms with Gasteiger partial charge in [0, 0.05) is 25.5 Å². The van der Waals surface area contributed by atoms with Gasteiger partial charge in [-0.15, -0.1) is 11.3 Å². The molecule has 3 nitrogen and oxygen atoms in total. The molecule has 0 fully saturated rings. The van der Waals surface area contributed by atoms with E-state index in [2.05, 4.69) is 41.5 Å². The van der Waals surface area contributed by atoms with Gasteiger partial charge in [-0.25, -0.2) is 4.98 Å². The van der Waals surface area contributed by atoms with Crippen LogP contribution in [0.5, 0.6) is 0 Å². The number of unbranched alkanes of at least 4 members (excludes halogenated alkanes) is 2. The highest BCUT2D eigenvalue weighted by Crippen LogP contribution is 2.19. The molecule has 98 valence electrons. The molecular weight excluding hydrogens is 230 g/mol. The molecule has 0 bridgehead atoms. The quantitative estimate of drug-likeness (QED) is 0.686. The Hall–Kier alpha value is -0.610. The van der Waals surface area contributed by atoms with Crippen molar-refractivity contribution in [3.8, 4) is 0 Å². The van der Waals surface area contributed by atoms with Crippen LogP contribution in [-0.4, -0.2) is 25.1 Å². The fourth-order valence-electron chi connectivity index (χ4n) is 1.64. The summed E-state index contributed by atoms with van der Waals surface area (Å²) >= 11 is 1.75. The Balaban J connectivity index is 2.33. The number of nitrogens with zero attached hydrogens (tertiary/aromatic N) is 2. The first-order valence-corrected chi connectivity index (χ1v) is 7.52. The summed E-state index contributed by atoms with van der Waals surface area (Å²) in [6.07, 6.45) is 5.02. The van der Waals surface area contributed by atoms with E-state index in [1.807, 2.05) is 0 Å². The summed E-state index contributed by atoms with van der Waals surface area (Å²) in [7, 11) is 2.14. The van der Waals surface area contributed by atoms with Crippen LogP contribution < -0.4 is 10.2 Å². The molecule has 4 heteroatoms. The van der Waals surface area contributed by atoms with Crippen molar-refractivity contribution in [3.63, 3.8) is 0 Å². The molecule has 0 aliphatic rings. The number of thiazole rings is 1. The maximum Gasteiger partial charge on any atom is 0.185 e. The smallest absolute Gasteiger partial charge is 0.185 e. The van der Waals surface area contributed by atoms with E-state index < -0.39 is 0 Å². The molecule has 0 amide bonds. The fraction of sp³-hybridized carbons (Fsp3) is 0.769. The minimum Gasteiger partial charge on any atom is -0.351 e. The Morgan fingerprint density at radius 2 is 2.12 bits per heavy atom. The Bertz CT molecular complexity index is 299. The molecule has 0 aliphatic carbocycles. The number of nitrogens with one attached hydrogen (secondary N) is 1. The number of aromatic nitrogens is 1. The van der Waals surface area contributed by atoms with Gasteiger partial charge >= 0.3 is 0 Å². The summed E-state index contributed by atoms with van der Waals surface area (Å²) in [4.78, 5) is 6.91. The highest BCUT2D eigenvalue weighted by Gasteiger charge is 2.06. The van der Waals surface area contributed by atoms with Crippen molar-refractivity contribution in [1.29, 1.82) is 0 Å². The van der Waals surface area contributed by atoms with E-state index in [1.165, 1.54) is 31.4 Å². The Kier molecular flexibility index (Phi) is 7.21. The van der Waals surface area contributed by atoms with Crippen molar-refractivity contribution in [3.05, 3.63) is 11.1 Å². The molecule has 0 aromatic carbocycles. The third kappa shape index (κ3) is 5.50. The minimum atomic E-state index is 0.896. The van der Waals surface area contributed by atoms with Crippen LogP contribution >= 0.6 is 11.3 Å². The van der Waals surface area contributed by atoms with Gasteiger partial charge in [-0.3, -0.25) is 0 Å². The second kappa shape index (κ2) is 8.48. The lowest BCUT2D eigenvalue weighted by Crippen LogP contribution is -2.18. The third-order valence-corrected chi connectivity index (χ3v) is 3.70. The van der Waals surface area contributed by atoms with Crippen molar-refractivity contribution in [2.45, 2.75) is 46.1 Å². The summed E-state index contributed by atoms with van der Waals surface area (Å²) in [5.41, 5.74) is 1.17. The van der Waals surface area contributed by atoms with Crippen molar-refractivity contribution in [2.75, 3.05) is 25.0 Å². The maximum absolute atomic E-state index is 4.64. The number of hydrogen-bond donors (Lipinski definition) is 1. The third-order valence-electron chi connectivity index (χ3n) is 2.70. The number of rotatable bonds is 9. The Morgan fingerprint density at radius 1 is 1.29 bits per heavy atom. The number of hydrogen-bond acceptors (Lipinski definition) is 4. The predicted octanol–water partition coefficient (Wildman–Crippen LogP) is 3.27. The summed E-state index contributed by atoms with van der Waals surface area (Å²) in [5.74, 6) is 0. The first kappa shape index (κ1) is 14.5.